The summed E-state index contributed by atoms with van der Waals surface area (Å²) in [5.41, 5.74) is 0.565. The first kappa shape index (κ1) is 12.2. The van der Waals surface area contributed by atoms with E-state index in [1.807, 2.05) is 0 Å². The highest BCUT2D eigenvalue weighted by Gasteiger charge is 2.10. The van der Waals surface area contributed by atoms with E-state index in [1.54, 1.807) is 26.0 Å². The summed E-state index contributed by atoms with van der Waals surface area (Å²) >= 11 is 0. The van der Waals surface area contributed by atoms with Gasteiger partial charge in [-0.3, -0.25) is 14.9 Å². The van der Waals surface area contributed by atoms with Gasteiger partial charge in [-0.15, -0.1) is 0 Å². The summed E-state index contributed by atoms with van der Waals surface area (Å²) in [6, 6.07) is 5.98. The topological polar surface area (TPSA) is 69.4 Å². The average molecular weight is 223 g/mol. The summed E-state index contributed by atoms with van der Waals surface area (Å²) < 4.78 is 4.95. The number of nitro benzene ring substituents is 1. The van der Waals surface area contributed by atoms with Gasteiger partial charge in [0.05, 0.1) is 17.4 Å². The van der Waals surface area contributed by atoms with E-state index in [9.17, 15) is 14.9 Å². The van der Waals surface area contributed by atoms with Crippen LogP contribution >= 0.6 is 0 Å². The Morgan fingerprint density at radius 1 is 1.50 bits per heavy atom. The molecular formula is C11H13NO4. The maximum absolute atomic E-state index is 11.3. The van der Waals surface area contributed by atoms with Crippen molar-refractivity contribution in [3.05, 3.63) is 39.9 Å². The normalized spacial score (nSPS) is 10.2. The molecule has 0 radical (unpaired) electrons. The van der Waals surface area contributed by atoms with Crippen molar-refractivity contribution in [1.82, 2.24) is 0 Å². The third kappa shape index (κ3) is 3.68. The summed E-state index contributed by atoms with van der Waals surface area (Å²) in [5, 5.41) is 10.5. The van der Waals surface area contributed by atoms with Gasteiger partial charge in [-0.2, -0.15) is 0 Å². The summed E-state index contributed by atoms with van der Waals surface area (Å²) in [6.07, 6.45) is -0.119. The van der Waals surface area contributed by atoms with E-state index in [0.29, 0.717) is 5.56 Å². The predicted octanol–water partition coefficient (Wildman–Crippen LogP) is 2.09. The number of benzene rings is 1. The van der Waals surface area contributed by atoms with E-state index in [0.717, 1.165) is 0 Å². The number of nitro groups is 1. The third-order valence-electron chi connectivity index (χ3n) is 1.84. The fourth-order valence-electron chi connectivity index (χ4n) is 1.25. The predicted molar refractivity (Wildman–Crippen MR) is 58.0 cm³/mol. The minimum absolute atomic E-state index is 0.0187. The SMILES string of the molecule is CC(C)OC(=O)Cc1cccc([N+](=O)[O-])c1. The average Bonchev–Trinajstić information content (AvgIpc) is 2.16. The van der Waals surface area contributed by atoms with Crippen LogP contribution in [-0.4, -0.2) is 17.0 Å². The van der Waals surface area contributed by atoms with Gasteiger partial charge in [0.25, 0.3) is 5.69 Å². The Morgan fingerprint density at radius 3 is 2.75 bits per heavy atom. The van der Waals surface area contributed by atoms with Crippen molar-refractivity contribution < 1.29 is 14.5 Å². The first-order chi connectivity index (χ1) is 7.49. The van der Waals surface area contributed by atoms with E-state index >= 15 is 0 Å². The van der Waals surface area contributed by atoms with Gasteiger partial charge in [0.1, 0.15) is 0 Å². The lowest BCUT2D eigenvalue weighted by Crippen LogP contribution is -2.13. The Bertz CT molecular complexity index is 401. The molecule has 0 aliphatic rings. The van der Waals surface area contributed by atoms with Gasteiger partial charge >= 0.3 is 5.97 Å². The summed E-state index contributed by atoms with van der Waals surface area (Å²) in [4.78, 5) is 21.3. The smallest absolute Gasteiger partial charge is 0.310 e. The second kappa shape index (κ2) is 5.25. The zero-order valence-electron chi connectivity index (χ0n) is 9.17. The third-order valence-corrected chi connectivity index (χ3v) is 1.84. The minimum atomic E-state index is -0.489. The number of rotatable bonds is 4. The molecule has 0 spiro atoms. The first-order valence-corrected chi connectivity index (χ1v) is 4.92. The molecule has 0 heterocycles. The van der Waals surface area contributed by atoms with E-state index in [1.165, 1.54) is 12.1 Å². The zero-order valence-corrected chi connectivity index (χ0v) is 9.17. The number of non-ortho nitro benzene ring substituents is 1. The molecular weight excluding hydrogens is 210 g/mol. The monoisotopic (exact) mass is 223 g/mol. The molecule has 0 aliphatic heterocycles. The molecule has 0 saturated heterocycles. The molecule has 5 heteroatoms. The maximum Gasteiger partial charge on any atom is 0.310 e. The van der Waals surface area contributed by atoms with Gasteiger partial charge < -0.3 is 4.74 Å². The van der Waals surface area contributed by atoms with Gasteiger partial charge in [-0.25, -0.2) is 0 Å². The van der Waals surface area contributed by atoms with Crippen molar-refractivity contribution in [3.8, 4) is 0 Å². The second-order valence-electron chi connectivity index (χ2n) is 3.64. The quantitative estimate of drug-likeness (QED) is 0.445. The van der Waals surface area contributed by atoms with Crippen molar-refractivity contribution in [2.24, 2.45) is 0 Å². The molecule has 0 bridgehead atoms. The molecule has 1 rings (SSSR count). The van der Waals surface area contributed by atoms with Crippen LogP contribution in [0.5, 0.6) is 0 Å². The fourth-order valence-corrected chi connectivity index (χ4v) is 1.25. The lowest BCUT2D eigenvalue weighted by atomic mass is 10.1. The number of nitrogens with zero attached hydrogens (tertiary/aromatic N) is 1. The van der Waals surface area contributed by atoms with Crippen molar-refractivity contribution in [3.63, 3.8) is 0 Å². The number of ether oxygens (including phenoxy) is 1. The fraction of sp³-hybridized carbons (Fsp3) is 0.364. The van der Waals surface area contributed by atoms with Crippen LogP contribution in [0.1, 0.15) is 19.4 Å². The number of esters is 1. The van der Waals surface area contributed by atoms with Crippen LogP contribution < -0.4 is 0 Å². The Morgan fingerprint density at radius 2 is 2.19 bits per heavy atom. The minimum Gasteiger partial charge on any atom is -0.463 e. The largest absolute Gasteiger partial charge is 0.463 e. The molecule has 0 fully saturated rings. The Balaban J connectivity index is 2.70. The van der Waals surface area contributed by atoms with Gasteiger partial charge in [0, 0.05) is 12.1 Å². The molecule has 1 aromatic carbocycles. The van der Waals surface area contributed by atoms with E-state index in [-0.39, 0.29) is 24.2 Å². The van der Waals surface area contributed by atoms with Crippen LogP contribution in [0.3, 0.4) is 0 Å². The summed E-state index contributed by atoms with van der Waals surface area (Å²) in [6.45, 7) is 3.51. The first-order valence-electron chi connectivity index (χ1n) is 4.92. The van der Waals surface area contributed by atoms with Crippen molar-refractivity contribution >= 4 is 11.7 Å². The number of hydrogen-bond acceptors (Lipinski definition) is 4. The second-order valence-corrected chi connectivity index (χ2v) is 3.64. The lowest BCUT2D eigenvalue weighted by molar-refractivity contribution is -0.384. The van der Waals surface area contributed by atoms with Crippen LogP contribution in [0.25, 0.3) is 0 Å². The Labute approximate surface area is 93.2 Å². The molecule has 0 aliphatic carbocycles. The Kier molecular flexibility index (Phi) is 3.99. The molecule has 1 aromatic rings. The molecule has 86 valence electrons. The van der Waals surface area contributed by atoms with Gasteiger partial charge in [-0.05, 0) is 19.4 Å². The van der Waals surface area contributed by atoms with E-state index in [4.69, 9.17) is 4.74 Å². The highest BCUT2D eigenvalue weighted by molar-refractivity contribution is 5.73. The number of hydrogen-bond donors (Lipinski definition) is 0. The standard InChI is InChI=1S/C11H13NO4/c1-8(2)16-11(13)7-9-4-3-5-10(6-9)12(14)15/h3-6,8H,7H2,1-2H3. The summed E-state index contributed by atoms with van der Waals surface area (Å²) in [7, 11) is 0. The van der Waals surface area contributed by atoms with E-state index < -0.39 is 4.92 Å². The number of carbonyl (C=O) groups is 1. The van der Waals surface area contributed by atoms with Crippen LogP contribution in [0, 0.1) is 10.1 Å². The number of carbonyl (C=O) groups excluding carboxylic acids is 1. The molecule has 0 amide bonds. The molecule has 5 nitrogen and oxygen atoms in total. The lowest BCUT2D eigenvalue weighted by Gasteiger charge is -2.07. The molecule has 0 atom stereocenters. The van der Waals surface area contributed by atoms with Crippen molar-refractivity contribution in [2.75, 3.05) is 0 Å². The van der Waals surface area contributed by atoms with Crippen LogP contribution in [0.15, 0.2) is 24.3 Å². The zero-order chi connectivity index (χ0) is 12.1. The Hall–Kier alpha value is -1.91. The van der Waals surface area contributed by atoms with E-state index in [2.05, 4.69) is 0 Å². The highest BCUT2D eigenvalue weighted by atomic mass is 16.6. The van der Waals surface area contributed by atoms with Crippen LogP contribution in [-0.2, 0) is 16.0 Å². The molecule has 0 aromatic heterocycles. The van der Waals surface area contributed by atoms with Gasteiger partial charge in [0.2, 0.25) is 0 Å². The van der Waals surface area contributed by atoms with Crippen LogP contribution in [0.4, 0.5) is 5.69 Å². The van der Waals surface area contributed by atoms with Gasteiger partial charge in [-0.1, -0.05) is 12.1 Å². The molecule has 16 heavy (non-hydrogen) atoms. The van der Waals surface area contributed by atoms with Crippen molar-refractivity contribution in [1.29, 1.82) is 0 Å². The molecule has 0 N–H and O–H groups in total. The molecule has 0 unspecified atom stereocenters. The van der Waals surface area contributed by atoms with Crippen molar-refractivity contribution in [2.45, 2.75) is 26.4 Å². The maximum atomic E-state index is 11.3. The highest BCUT2D eigenvalue weighted by Crippen LogP contribution is 2.13. The summed E-state index contributed by atoms with van der Waals surface area (Å²) in [5.74, 6) is -0.379. The van der Waals surface area contributed by atoms with Crippen LogP contribution in [0.2, 0.25) is 0 Å². The molecule has 0 saturated carbocycles. The van der Waals surface area contributed by atoms with Gasteiger partial charge in [0.15, 0.2) is 0 Å².